The van der Waals surface area contributed by atoms with Crippen molar-refractivity contribution in [2.24, 2.45) is 0 Å². The second-order valence-electron chi connectivity index (χ2n) is 6.92. The third-order valence-corrected chi connectivity index (χ3v) is 4.99. The second kappa shape index (κ2) is 8.21. The predicted molar refractivity (Wildman–Crippen MR) is 109 cm³/mol. The average Bonchev–Trinajstić information content (AvgIpc) is 2.74. The Hall–Kier alpha value is -3.21. The van der Waals surface area contributed by atoms with Crippen LogP contribution in [0.15, 0.2) is 66.9 Å². The Kier molecular flexibility index (Phi) is 5.33. The van der Waals surface area contributed by atoms with Crippen LogP contribution in [-0.4, -0.2) is 24.0 Å². The highest BCUT2D eigenvalue weighted by Crippen LogP contribution is 2.28. The van der Waals surface area contributed by atoms with Crippen LogP contribution in [0, 0.1) is 5.82 Å². The quantitative estimate of drug-likeness (QED) is 0.716. The summed E-state index contributed by atoms with van der Waals surface area (Å²) in [6.07, 6.45) is 4.38. The minimum absolute atomic E-state index is 0.0747. The van der Waals surface area contributed by atoms with Crippen molar-refractivity contribution in [2.75, 3.05) is 23.3 Å². The SMILES string of the molecule is O=C(c1cc(NCCc2ccc(F)cc2)ccn1)N1CCCc2ccccc21. The van der Waals surface area contributed by atoms with Crippen LogP contribution in [0.25, 0.3) is 0 Å². The van der Waals surface area contributed by atoms with E-state index in [0.717, 1.165) is 36.2 Å². The Morgan fingerprint density at radius 2 is 1.93 bits per heavy atom. The Labute approximate surface area is 164 Å². The summed E-state index contributed by atoms with van der Waals surface area (Å²) < 4.78 is 13.0. The number of aryl methyl sites for hydroxylation is 1. The minimum atomic E-state index is -0.228. The Bertz CT molecular complexity index is 972. The molecule has 0 fully saturated rings. The summed E-state index contributed by atoms with van der Waals surface area (Å²) in [6.45, 7) is 1.40. The lowest BCUT2D eigenvalue weighted by atomic mass is 10.0. The highest BCUT2D eigenvalue weighted by Gasteiger charge is 2.24. The van der Waals surface area contributed by atoms with Gasteiger partial charge in [-0.2, -0.15) is 0 Å². The molecule has 1 aromatic heterocycles. The highest BCUT2D eigenvalue weighted by molar-refractivity contribution is 6.05. The maximum atomic E-state index is 13.0. The van der Waals surface area contributed by atoms with Crippen molar-refractivity contribution < 1.29 is 9.18 Å². The molecule has 3 aromatic rings. The summed E-state index contributed by atoms with van der Waals surface area (Å²) in [6, 6.07) is 18.2. The number of aromatic nitrogens is 1. The number of halogens is 1. The van der Waals surface area contributed by atoms with E-state index in [1.54, 1.807) is 24.4 Å². The number of nitrogens with one attached hydrogen (secondary N) is 1. The van der Waals surface area contributed by atoms with Crippen molar-refractivity contribution in [1.29, 1.82) is 0 Å². The van der Waals surface area contributed by atoms with Gasteiger partial charge in [0.05, 0.1) is 0 Å². The van der Waals surface area contributed by atoms with E-state index >= 15 is 0 Å². The molecule has 2 heterocycles. The minimum Gasteiger partial charge on any atom is -0.385 e. The van der Waals surface area contributed by atoms with E-state index < -0.39 is 0 Å². The van der Waals surface area contributed by atoms with Crippen molar-refractivity contribution in [1.82, 2.24) is 4.98 Å². The molecule has 0 aliphatic carbocycles. The highest BCUT2D eigenvalue weighted by atomic mass is 19.1. The van der Waals surface area contributed by atoms with Crippen LogP contribution in [-0.2, 0) is 12.8 Å². The van der Waals surface area contributed by atoms with Crippen molar-refractivity contribution in [3.63, 3.8) is 0 Å². The molecule has 0 bridgehead atoms. The molecule has 4 nitrogen and oxygen atoms in total. The largest absolute Gasteiger partial charge is 0.385 e. The lowest BCUT2D eigenvalue weighted by Crippen LogP contribution is -2.35. The molecule has 142 valence electrons. The zero-order valence-electron chi connectivity index (χ0n) is 15.6. The summed E-state index contributed by atoms with van der Waals surface area (Å²) >= 11 is 0. The number of carbonyl (C=O) groups is 1. The number of rotatable bonds is 5. The first-order valence-corrected chi connectivity index (χ1v) is 9.55. The summed E-state index contributed by atoms with van der Waals surface area (Å²) in [5.74, 6) is -0.303. The number of fused-ring (bicyclic) bond motifs is 1. The first-order chi connectivity index (χ1) is 13.7. The number of carbonyl (C=O) groups excluding carboxylic acids is 1. The van der Waals surface area contributed by atoms with Gasteiger partial charge in [-0.25, -0.2) is 4.39 Å². The van der Waals surface area contributed by atoms with E-state index in [-0.39, 0.29) is 11.7 Å². The fourth-order valence-corrected chi connectivity index (χ4v) is 3.54. The molecule has 0 unspecified atom stereocenters. The van der Waals surface area contributed by atoms with Crippen LogP contribution in [0.5, 0.6) is 0 Å². The molecular formula is C23H22FN3O. The second-order valence-corrected chi connectivity index (χ2v) is 6.92. The molecule has 0 spiro atoms. The van der Waals surface area contributed by atoms with E-state index in [4.69, 9.17) is 0 Å². The van der Waals surface area contributed by atoms with Gasteiger partial charge in [0, 0.05) is 30.7 Å². The third-order valence-electron chi connectivity index (χ3n) is 4.99. The van der Waals surface area contributed by atoms with Crippen molar-refractivity contribution in [2.45, 2.75) is 19.3 Å². The van der Waals surface area contributed by atoms with Gasteiger partial charge >= 0.3 is 0 Å². The fourth-order valence-electron chi connectivity index (χ4n) is 3.54. The van der Waals surface area contributed by atoms with Gasteiger partial charge < -0.3 is 10.2 Å². The summed E-state index contributed by atoms with van der Waals surface area (Å²) in [5, 5.41) is 3.32. The van der Waals surface area contributed by atoms with Gasteiger partial charge in [0.1, 0.15) is 11.5 Å². The molecule has 28 heavy (non-hydrogen) atoms. The van der Waals surface area contributed by atoms with Crippen molar-refractivity contribution >= 4 is 17.3 Å². The molecule has 0 saturated heterocycles. The maximum absolute atomic E-state index is 13.0. The van der Waals surface area contributed by atoms with Gasteiger partial charge in [0.25, 0.3) is 5.91 Å². The van der Waals surface area contributed by atoms with Gasteiger partial charge in [-0.1, -0.05) is 30.3 Å². The van der Waals surface area contributed by atoms with Crippen molar-refractivity contribution in [3.05, 3.63) is 89.5 Å². The van der Waals surface area contributed by atoms with Crippen LogP contribution in [0.3, 0.4) is 0 Å². The summed E-state index contributed by atoms with van der Waals surface area (Å²) in [4.78, 5) is 19.2. The van der Waals surface area contributed by atoms with E-state index in [1.807, 2.05) is 29.2 Å². The van der Waals surface area contributed by atoms with Crippen LogP contribution >= 0.6 is 0 Å². The number of pyridine rings is 1. The molecular weight excluding hydrogens is 353 g/mol. The number of hydrogen-bond acceptors (Lipinski definition) is 3. The van der Waals surface area contributed by atoms with Gasteiger partial charge in [-0.15, -0.1) is 0 Å². The number of benzene rings is 2. The van der Waals surface area contributed by atoms with Crippen LogP contribution in [0.2, 0.25) is 0 Å². The average molecular weight is 375 g/mol. The Morgan fingerprint density at radius 1 is 1.11 bits per heavy atom. The molecule has 2 aromatic carbocycles. The molecule has 4 rings (SSSR count). The standard InChI is InChI=1S/C23H22FN3O/c24-19-9-7-17(8-10-19)11-13-25-20-12-14-26-21(16-20)23(28)27-15-3-5-18-4-1-2-6-22(18)27/h1-2,4,6-10,12,14,16H,3,5,11,13,15H2,(H,25,26). The van der Waals surface area contributed by atoms with Crippen LogP contribution < -0.4 is 10.2 Å². The lowest BCUT2D eigenvalue weighted by Gasteiger charge is -2.29. The molecule has 1 aliphatic rings. The molecule has 0 radical (unpaired) electrons. The molecule has 1 aliphatic heterocycles. The number of para-hydroxylation sites is 1. The predicted octanol–water partition coefficient (Wildman–Crippen LogP) is 4.47. The van der Waals surface area contributed by atoms with Gasteiger partial charge in [0.2, 0.25) is 0 Å². The topological polar surface area (TPSA) is 45.2 Å². The van der Waals surface area contributed by atoms with Crippen LogP contribution in [0.4, 0.5) is 15.8 Å². The molecule has 0 atom stereocenters. The lowest BCUT2D eigenvalue weighted by molar-refractivity contribution is 0.0980. The first kappa shape index (κ1) is 18.2. The van der Waals surface area contributed by atoms with Crippen LogP contribution in [0.1, 0.15) is 28.0 Å². The van der Waals surface area contributed by atoms with Gasteiger partial charge in [-0.3, -0.25) is 9.78 Å². The number of nitrogens with zero attached hydrogens (tertiary/aromatic N) is 2. The fraction of sp³-hybridized carbons (Fsp3) is 0.217. The smallest absolute Gasteiger partial charge is 0.276 e. The van der Waals surface area contributed by atoms with E-state index in [9.17, 15) is 9.18 Å². The van der Waals surface area contributed by atoms with Gasteiger partial charge in [-0.05, 0) is 60.7 Å². The number of hydrogen-bond donors (Lipinski definition) is 1. The summed E-state index contributed by atoms with van der Waals surface area (Å²) in [7, 11) is 0. The summed E-state index contributed by atoms with van der Waals surface area (Å²) in [5.41, 5.74) is 4.53. The first-order valence-electron chi connectivity index (χ1n) is 9.55. The number of anilines is 2. The molecule has 5 heteroatoms. The molecule has 1 N–H and O–H groups in total. The Balaban J connectivity index is 1.43. The Morgan fingerprint density at radius 3 is 2.79 bits per heavy atom. The molecule has 0 saturated carbocycles. The van der Waals surface area contributed by atoms with Gasteiger partial charge in [0.15, 0.2) is 0 Å². The van der Waals surface area contributed by atoms with Crippen molar-refractivity contribution in [3.8, 4) is 0 Å². The zero-order chi connectivity index (χ0) is 19.3. The monoisotopic (exact) mass is 375 g/mol. The van der Waals surface area contributed by atoms with E-state index in [2.05, 4.69) is 16.4 Å². The molecule has 1 amide bonds. The zero-order valence-corrected chi connectivity index (χ0v) is 15.6. The third kappa shape index (κ3) is 4.03. The maximum Gasteiger partial charge on any atom is 0.276 e. The normalized spacial score (nSPS) is 13.1. The van der Waals surface area contributed by atoms with E-state index in [1.165, 1.54) is 17.7 Å². The van der Waals surface area contributed by atoms with E-state index in [0.29, 0.717) is 18.8 Å². The number of amides is 1.